The van der Waals surface area contributed by atoms with Gasteiger partial charge in [0.2, 0.25) is 0 Å². The average molecular weight is 199 g/mol. The number of rotatable bonds is 9. The lowest BCUT2D eigenvalue weighted by molar-refractivity contribution is 0.127. The molecule has 1 aliphatic carbocycles. The number of hydrogen-bond donors (Lipinski definition) is 1. The molecule has 0 amide bonds. The molecule has 0 unspecified atom stereocenters. The van der Waals surface area contributed by atoms with Crippen LogP contribution in [0.3, 0.4) is 0 Å². The Morgan fingerprint density at radius 1 is 1.21 bits per heavy atom. The van der Waals surface area contributed by atoms with Crippen molar-refractivity contribution in [2.45, 2.75) is 52.0 Å². The molecule has 0 aromatic rings. The normalized spacial score (nSPS) is 16.5. The van der Waals surface area contributed by atoms with E-state index in [0.717, 1.165) is 25.7 Å². The van der Waals surface area contributed by atoms with Gasteiger partial charge in [0.15, 0.2) is 0 Å². The van der Waals surface area contributed by atoms with Crippen molar-refractivity contribution in [3.05, 3.63) is 0 Å². The Labute approximate surface area is 88.4 Å². The van der Waals surface area contributed by atoms with E-state index in [1.807, 2.05) is 0 Å². The van der Waals surface area contributed by atoms with Crippen LogP contribution < -0.4 is 5.32 Å². The van der Waals surface area contributed by atoms with Crippen LogP contribution in [-0.2, 0) is 4.74 Å². The monoisotopic (exact) mass is 199 g/mol. The predicted molar refractivity (Wildman–Crippen MR) is 60.5 cm³/mol. The summed E-state index contributed by atoms with van der Waals surface area (Å²) in [6.45, 7) is 7.32. The van der Waals surface area contributed by atoms with Crippen LogP contribution in [0.25, 0.3) is 0 Å². The van der Waals surface area contributed by atoms with Crippen molar-refractivity contribution in [1.82, 2.24) is 5.32 Å². The highest BCUT2D eigenvalue weighted by Gasteiger charge is 2.20. The SMILES string of the molecule is CCC(CC)NCCOCCC1CC1. The maximum atomic E-state index is 5.56. The lowest BCUT2D eigenvalue weighted by Gasteiger charge is -2.14. The smallest absolute Gasteiger partial charge is 0.0591 e. The van der Waals surface area contributed by atoms with E-state index in [-0.39, 0.29) is 0 Å². The molecule has 1 N–H and O–H groups in total. The summed E-state index contributed by atoms with van der Waals surface area (Å²) in [5.74, 6) is 1.00. The standard InChI is InChI=1S/C12H25NO/c1-3-12(4-2)13-8-10-14-9-7-11-5-6-11/h11-13H,3-10H2,1-2H3. The Kier molecular flexibility index (Phi) is 6.20. The van der Waals surface area contributed by atoms with E-state index in [2.05, 4.69) is 19.2 Å². The molecule has 1 saturated carbocycles. The minimum Gasteiger partial charge on any atom is -0.380 e. The third kappa shape index (κ3) is 5.61. The van der Waals surface area contributed by atoms with Gasteiger partial charge in [0, 0.05) is 19.2 Å². The Balaban J connectivity index is 1.78. The molecule has 0 saturated heterocycles. The van der Waals surface area contributed by atoms with Crippen molar-refractivity contribution in [3.63, 3.8) is 0 Å². The molecule has 0 heterocycles. The summed E-state index contributed by atoms with van der Waals surface area (Å²) in [6, 6.07) is 0.682. The van der Waals surface area contributed by atoms with Crippen LogP contribution in [0.1, 0.15) is 46.0 Å². The van der Waals surface area contributed by atoms with E-state index in [1.54, 1.807) is 0 Å². The summed E-state index contributed by atoms with van der Waals surface area (Å²) in [5.41, 5.74) is 0. The molecule has 0 aromatic carbocycles. The van der Waals surface area contributed by atoms with Gasteiger partial charge in [-0.1, -0.05) is 26.7 Å². The molecule has 0 radical (unpaired) electrons. The van der Waals surface area contributed by atoms with Crippen molar-refractivity contribution in [2.75, 3.05) is 19.8 Å². The summed E-state index contributed by atoms with van der Waals surface area (Å²) in [6.07, 6.45) is 6.60. The van der Waals surface area contributed by atoms with E-state index in [4.69, 9.17) is 4.74 Å². The molecule has 0 atom stereocenters. The molecular formula is C12H25NO. The van der Waals surface area contributed by atoms with Gasteiger partial charge >= 0.3 is 0 Å². The van der Waals surface area contributed by atoms with Crippen LogP contribution in [0, 0.1) is 5.92 Å². The number of nitrogens with one attached hydrogen (secondary N) is 1. The summed E-state index contributed by atoms with van der Waals surface area (Å²) in [5, 5.41) is 3.50. The van der Waals surface area contributed by atoms with Crippen LogP contribution in [0.4, 0.5) is 0 Å². The molecule has 0 aliphatic heterocycles. The predicted octanol–water partition coefficient (Wildman–Crippen LogP) is 2.58. The van der Waals surface area contributed by atoms with Gasteiger partial charge in [-0.15, -0.1) is 0 Å². The molecule has 2 nitrogen and oxygen atoms in total. The van der Waals surface area contributed by atoms with Gasteiger partial charge in [-0.25, -0.2) is 0 Å². The second-order valence-corrected chi connectivity index (χ2v) is 4.31. The molecule has 0 spiro atoms. The van der Waals surface area contributed by atoms with E-state index in [9.17, 15) is 0 Å². The zero-order chi connectivity index (χ0) is 10.2. The topological polar surface area (TPSA) is 21.3 Å². The quantitative estimate of drug-likeness (QED) is 0.576. The first-order chi connectivity index (χ1) is 6.86. The largest absolute Gasteiger partial charge is 0.380 e. The highest BCUT2D eigenvalue weighted by Crippen LogP contribution is 2.31. The van der Waals surface area contributed by atoms with Gasteiger partial charge in [-0.2, -0.15) is 0 Å². The molecule has 84 valence electrons. The maximum absolute atomic E-state index is 5.56. The average Bonchev–Trinajstić information content (AvgIpc) is 3.01. The molecule has 2 heteroatoms. The lowest BCUT2D eigenvalue weighted by Crippen LogP contribution is -2.30. The molecule has 0 bridgehead atoms. The molecule has 1 aliphatic rings. The Morgan fingerprint density at radius 3 is 2.50 bits per heavy atom. The first-order valence-corrected chi connectivity index (χ1v) is 6.18. The highest BCUT2D eigenvalue weighted by molar-refractivity contribution is 4.72. The zero-order valence-corrected chi connectivity index (χ0v) is 9.72. The number of hydrogen-bond acceptors (Lipinski definition) is 2. The van der Waals surface area contributed by atoms with Crippen LogP contribution in [-0.4, -0.2) is 25.8 Å². The lowest BCUT2D eigenvalue weighted by atomic mass is 10.2. The Bertz CT molecular complexity index is 130. The molecule has 1 rings (SSSR count). The fourth-order valence-corrected chi connectivity index (χ4v) is 1.67. The van der Waals surface area contributed by atoms with Gasteiger partial charge in [0.25, 0.3) is 0 Å². The van der Waals surface area contributed by atoms with Crippen LogP contribution >= 0.6 is 0 Å². The minimum absolute atomic E-state index is 0.682. The first-order valence-electron chi connectivity index (χ1n) is 6.18. The molecule has 0 aromatic heterocycles. The van der Waals surface area contributed by atoms with Crippen LogP contribution in [0.15, 0.2) is 0 Å². The van der Waals surface area contributed by atoms with E-state index < -0.39 is 0 Å². The maximum Gasteiger partial charge on any atom is 0.0591 e. The second kappa shape index (κ2) is 7.24. The molecular weight excluding hydrogens is 174 g/mol. The van der Waals surface area contributed by atoms with Crippen molar-refractivity contribution in [1.29, 1.82) is 0 Å². The van der Waals surface area contributed by atoms with Gasteiger partial charge in [0.1, 0.15) is 0 Å². The third-order valence-corrected chi connectivity index (χ3v) is 3.03. The summed E-state index contributed by atoms with van der Waals surface area (Å²) in [4.78, 5) is 0. The fourth-order valence-electron chi connectivity index (χ4n) is 1.67. The number of ether oxygens (including phenoxy) is 1. The van der Waals surface area contributed by atoms with E-state index in [0.29, 0.717) is 6.04 Å². The van der Waals surface area contributed by atoms with Gasteiger partial charge in [-0.05, 0) is 25.2 Å². The third-order valence-electron chi connectivity index (χ3n) is 3.03. The summed E-state index contributed by atoms with van der Waals surface area (Å²) in [7, 11) is 0. The molecule has 14 heavy (non-hydrogen) atoms. The fraction of sp³-hybridized carbons (Fsp3) is 1.00. The zero-order valence-electron chi connectivity index (χ0n) is 9.72. The van der Waals surface area contributed by atoms with Crippen molar-refractivity contribution < 1.29 is 4.74 Å². The van der Waals surface area contributed by atoms with E-state index in [1.165, 1.54) is 32.1 Å². The minimum atomic E-state index is 0.682. The van der Waals surface area contributed by atoms with Crippen LogP contribution in [0.5, 0.6) is 0 Å². The van der Waals surface area contributed by atoms with Crippen molar-refractivity contribution in [2.24, 2.45) is 5.92 Å². The van der Waals surface area contributed by atoms with Gasteiger partial charge in [0.05, 0.1) is 6.61 Å². The van der Waals surface area contributed by atoms with E-state index >= 15 is 0 Å². The first kappa shape index (κ1) is 12.0. The summed E-state index contributed by atoms with van der Waals surface area (Å²) < 4.78 is 5.56. The van der Waals surface area contributed by atoms with Gasteiger partial charge in [-0.3, -0.25) is 0 Å². The summed E-state index contributed by atoms with van der Waals surface area (Å²) >= 11 is 0. The Morgan fingerprint density at radius 2 is 1.93 bits per heavy atom. The van der Waals surface area contributed by atoms with Gasteiger partial charge < -0.3 is 10.1 Å². The Hall–Kier alpha value is -0.0800. The van der Waals surface area contributed by atoms with Crippen molar-refractivity contribution >= 4 is 0 Å². The second-order valence-electron chi connectivity index (χ2n) is 4.31. The van der Waals surface area contributed by atoms with Crippen LogP contribution in [0.2, 0.25) is 0 Å². The van der Waals surface area contributed by atoms with Crippen molar-refractivity contribution in [3.8, 4) is 0 Å². The highest BCUT2D eigenvalue weighted by atomic mass is 16.5. The molecule has 1 fully saturated rings.